The van der Waals surface area contributed by atoms with E-state index in [1.807, 2.05) is 12.2 Å². The number of aromatic amines is 1. The van der Waals surface area contributed by atoms with Gasteiger partial charge in [-0.05, 0) is 12.8 Å². The van der Waals surface area contributed by atoms with E-state index in [0.717, 1.165) is 12.8 Å². The van der Waals surface area contributed by atoms with Gasteiger partial charge in [-0.25, -0.2) is 4.79 Å². The summed E-state index contributed by atoms with van der Waals surface area (Å²) in [5, 5.41) is 0. The molecule has 1 heterocycles. The number of rotatable bonds is 1. The molecule has 0 aromatic carbocycles. The molecule has 0 radical (unpaired) electrons. The number of hydrogen-bond acceptors (Lipinski definition) is 2. The molecule has 1 N–H and O–H groups in total. The first-order chi connectivity index (χ1) is 6.27. The molecule has 1 aliphatic carbocycles. The molecule has 0 saturated heterocycles. The summed E-state index contributed by atoms with van der Waals surface area (Å²) in [7, 11) is 0. The van der Waals surface area contributed by atoms with Crippen molar-refractivity contribution < 1.29 is 0 Å². The Morgan fingerprint density at radius 3 is 2.92 bits per heavy atom. The molecule has 1 atom stereocenters. The van der Waals surface area contributed by atoms with Crippen molar-refractivity contribution in [2.75, 3.05) is 0 Å². The number of hydrogen-bond donors (Lipinski definition) is 1. The van der Waals surface area contributed by atoms with E-state index in [1.165, 1.54) is 6.07 Å². The molecular formula is C9H10N2O2. The van der Waals surface area contributed by atoms with Crippen molar-refractivity contribution in [2.24, 2.45) is 0 Å². The molecule has 1 aromatic rings. The lowest BCUT2D eigenvalue weighted by Gasteiger charge is -2.09. The average Bonchev–Trinajstić information content (AvgIpc) is 2.56. The molecule has 13 heavy (non-hydrogen) atoms. The first-order valence-electron chi connectivity index (χ1n) is 4.25. The Hall–Kier alpha value is -1.58. The van der Waals surface area contributed by atoms with Crippen LogP contribution in [-0.4, -0.2) is 9.55 Å². The van der Waals surface area contributed by atoms with Gasteiger partial charge in [0.05, 0.1) is 6.04 Å². The molecule has 68 valence electrons. The van der Waals surface area contributed by atoms with Crippen molar-refractivity contribution in [3.8, 4) is 0 Å². The van der Waals surface area contributed by atoms with Crippen molar-refractivity contribution in [2.45, 2.75) is 18.9 Å². The fraction of sp³-hybridized carbons (Fsp3) is 0.333. The predicted octanol–water partition coefficient (Wildman–Crippen LogP) is 0.428. The summed E-state index contributed by atoms with van der Waals surface area (Å²) < 4.78 is 1.55. The van der Waals surface area contributed by atoms with Gasteiger partial charge in [-0.2, -0.15) is 0 Å². The third kappa shape index (κ3) is 1.47. The van der Waals surface area contributed by atoms with Crippen molar-refractivity contribution in [3.05, 3.63) is 45.3 Å². The van der Waals surface area contributed by atoms with Gasteiger partial charge in [-0.3, -0.25) is 14.3 Å². The first-order valence-corrected chi connectivity index (χ1v) is 4.25. The van der Waals surface area contributed by atoms with Crippen LogP contribution in [0.4, 0.5) is 0 Å². The third-order valence-electron chi connectivity index (χ3n) is 2.20. The maximum atomic E-state index is 11.3. The Balaban J connectivity index is 2.46. The van der Waals surface area contributed by atoms with Crippen LogP contribution in [0.15, 0.2) is 34.0 Å². The molecule has 0 fully saturated rings. The minimum atomic E-state index is -0.344. The highest BCUT2D eigenvalue weighted by molar-refractivity contribution is 5.01. The lowest BCUT2D eigenvalue weighted by molar-refractivity contribution is 0.556. The summed E-state index contributed by atoms with van der Waals surface area (Å²) in [6, 6.07) is 1.48. The van der Waals surface area contributed by atoms with Gasteiger partial charge in [0.15, 0.2) is 0 Å². The van der Waals surface area contributed by atoms with Gasteiger partial charge in [0.1, 0.15) is 0 Å². The zero-order valence-corrected chi connectivity index (χ0v) is 7.06. The SMILES string of the molecule is O=c1ccn([C@H]2C=CCC2)c(=O)[nH]1. The lowest BCUT2D eigenvalue weighted by Crippen LogP contribution is -2.30. The van der Waals surface area contributed by atoms with Gasteiger partial charge in [-0.15, -0.1) is 0 Å². The Kier molecular flexibility index (Phi) is 1.88. The van der Waals surface area contributed by atoms with Crippen LogP contribution in [0.3, 0.4) is 0 Å². The highest BCUT2D eigenvalue weighted by Crippen LogP contribution is 2.19. The summed E-state index contributed by atoms with van der Waals surface area (Å²) in [4.78, 5) is 24.3. The van der Waals surface area contributed by atoms with E-state index in [4.69, 9.17) is 0 Å². The van der Waals surface area contributed by atoms with E-state index in [9.17, 15) is 9.59 Å². The molecule has 4 nitrogen and oxygen atoms in total. The van der Waals surface area contributed by atoms with E-state index in [2.05, 4.69) is 4.98 Å². The zero-order valence-electron chi connectivity index (χ0n) is 7.06. The Morgan fingerprint density at radius 2 is 2.31 bits per heavy atom. The molecule has 1 aromatic heterocycles. The van der Waals surface area contributed by atoms with Crippen molar-refractivity contribution in [3.63, 3.8) is 0 Å². The topological polar surface area (TPSA) is 54.9 Å². The maximum absolute atomic E-state index is 11.3. The number of allylic oxidation sites excluding steroid dienone is 2. The van der Waals surface area contributed by atoms with Crippen LogP contribution >= 0.6 is 0 Å². The molecule has 4 heteroatoms. The summed E-state index contributed by atoms with van der Waals surface area (Å²) in [6.45, 7) is 0. The largest absolute Gasteiger partial charge is 0.328 e. The third-order valence-corrected chi connectivity index (χ3v) is 2.20. The van der Waals surface area contributed by atoms with Crippen LogP contribution in [-0.2, 0) is 0 Å². The van der Waals surface area contributed by atoms with Crippen LogP contribution in [0.5, 0.6) is 0 Å². The Bertz CT molecular complexity index is 441. The molecule has 0 spiro atoms. The highest BCUT2D eigenvalue weighted by atomic mass is 16.2. The van der Waals surface area contributed by atoms with Gasteiger partial charge in [0, 0.05) is 12.3 Å². The number of nitrogens with zero attached hydrogens (tertiary/aromatic N) is 1. The molecule has 0 amide bonds. The number of nitrogens with one attached hydrogen (secondary N) is 1. The first kappa shape index (κ1) is 8.04. The van der Waals surface area contributed by atoms with E-state index in [1.54, 1.807) is 10.8 Å². The molecule has 0 saturated carbocycles. The van der Waals surface area contributed by atoms with Crippen molar-refractivity contribution in [1.29, 1.82) is 0 Å². The quantitative estimate of drug-likeness (QED) is 0.634. The summed E-state index contributed by atoms with van der Waals surface area (Å²) in [5.74, 6) is 0. The molecule has 0 unspecified atom stereocenters. The highest BCUT2D eigenvalue weighted by Gasteiger charge is 2.11. The maximum Gasteiger partial charge on any atom is 0.328 e. The monoisotopic (exact) mass is 178 g/mol. The minimum Gasteiger partial charge on any atom is -0.294 e. The Labute approximate surface area is 74.5 Å². The van der Waals surface area contributed by atoms with E-state index in [-0.39, 0.29) is 17.3 Å². The van der Waals surface area contributed by atoms with Gasteiger partial charge >= 0.3 is 5.69 Å². The second kappa shape index (κ2) is 3.05. The zero-order chi connectivity index (χ0) is 9.26. The van der Waals surface area contributed by atoms with Gasteiger partial charge in [0.25, 0.3) is 5.56 Å². The van der Waals surface area contributed by atoms with Crippen LogP contribution < -0.4 is 11.2 Å². The Morgan fingerprint density at radius 1 is 1.46 bits per heavy atom. The molecular weight excluding hydrogens is 168 g/mol. The lowest BCUT2D eigenvalue weighted by atomic mass is 10.2. The summed E-state index contributed by atoms with van der Waals surface area (Å²) in [6.07, 6.45) is 7.51. The van der Waals surface area contributed by atoms with Gasteiger partial charge in [0.2, 0.25) is 0 Å². The van der Waals surface area contributed by atoms with E-state index >= 15 is 0 Å². The second-order valence-electron chi connectivity index (χ2n) is 3.09. The van der Waals surface area contributed by atoms with Crippen molar-refractivity contribution >= 4 is 0 Å². The molecule has 0 aliphatic heterocycles. The van der Waals surface area contributed by atoms with Gasteiger partial charge < -0.3 is 0 Å². The molecule has 1 aliphatic rings. The molecule has 2 rings (SSSR count). The van der Waals surface area contributed by atoms with Crippen LogP contribution in [0, 0.1) is 0 Å². The smallest absolute Gasteiger partial charge is 0.294 e. The second-order valence-corrected chi connectivity index (χ2v) is 3.09. The van der Waals surface area contributed by atoms with Crippen molar-refractivity contribution in [1.82, 2.24) is 9.55 Å². The fourth-order valence-corrected chi connectivity index (χ4v) is 1.54. The van der Waals surface area contributed by atoms with Crippen LogP contribution in [0.25, 0.3) is 0 Å². The normalized spacial score (nSPS) is 20.8. The predicted molar refractivity (Wildman–Crippen MR) is 48.7 cm³/mol. The average molecular weight is 178 g/mol. The van der Waals surface area contributed by atoms with E-state index in [0.29, 0.717) is 0 Å². The van der Waals surface area contributed by atoms with Gasteiger partial charge in [-0.1, -0.05) is 12.2 Å². The fourth-order valence-electron chi connectivity index (χ4n) is 1.54. The standard InChI is InChI=1S/C9H10N2O2/c12-8-5-6-11(9(13)10-8)7-3-1-2-4-7/h1,3,5-7H,2,4H2,(H,10,12,13)/t7-/m0/s1. The van der Waals surface area contributed by atoms with E-state index < -0.39 is 0 Å². The number of H-pyrrole nitrogens is 1. The number of aromatic nitrogens is 2. The molecule has 0 bridgehead atoms. The summed E-state index contributed by atoms with van der Waals surface area (Å²) >= 11 is 0. The minimum absolute atomic E-state index is 0.115. The van der Waals surface area contributed by atoms with Crippen LogP contribution in [0.1, 0.15) is 18.9 Å². The summed E-state index contributed by atoms with van der Waals surface area (Å²) in [5.41, 5.74) is -0.674. The van der Waals surface area contributed by atoms with Crippen LogP contribution in [0.2, 0.25) is 0 Å².